The van der Waals surface area contributed by atoms with Crippen LogP contribution in [0.15, 0.2) is 72.0 Å². The van der Waals surface area contributed by atoms with E-state index < -0.39 is 0 Å². The molecule has 154 valence electrons. The second-order valence-electron chi connectivity index (χ2n) is 7.04. The highest BCUT2D eigenvalue weighted by Crippen LogP contribution is 2.32. The molecule has 0 saturated carbocycles. The summed E-state index contributed by atoms with van der Waals surface area (Å²) in [5, 5.41) is 3.48. The maximum Gasteiger partial charge on any atom is 0.230 e. The molecule has 0 unspecified atom stereocenters. The van der Waals surface area contributed by atoms with E-state index in [-0.39, 0.29) is 0 Å². The quantitative estimate of drug-likeness (QED) is 0.703. The number of aliphatic imine (C=N–C) groups is 1. The van der Waals surface area contributed by atoms with E-state index in [2.05, 4.69) is 15.3 Å². The maximum atomic E-state index is 6.18. The van der Waals surface area contributed by atoms with E-state index in [1.807, 2.05) is 60.8 Å². The topological polar surface area (TPSA) is 68.6 Å². The third kappa shape index (κ3) is 5.35. The van der Waals surface area contributed by atoms with E-state index >= 15 is 0 Å². The van der Waals surface area contributed by atoms with Crippen molar-refractivity contribution in [3.8, 4) is 17.4 Å². The molecule has 0 fully saturated rings. The van der Waals surface area contributed by atoms with Gasteiger partial charge in [0.15, 0.2) is 11.5 Å². The van der Waals surface area contributed by atoms with Crippen LogP contribution < -0.4 is 14.8 Å². The van der Waals surface area contributed by atoms with Crippen LogP contribution in [0.2, 0.25) is 0 Å². The molecule has 6 nitrogen and oxygen atoms in total. The van der Waals surface area contributed by atoms with Crippen molar-refractivity contribution >= 4 is 5.84 Å². The lowest BCUT2D eigenvalue weighted by atomic mass is 10.2. The molecule has 3 aromatic rings. The van der Waals surface area contributed by atoms with E-state index in [9.17, 15) is 0 Å². The molecule has 1 aliphatic heterocycles. The smallest absolute Gasteiger partial charge is 0.230 e. The molecule has 0 saturated heterocycles. The Balaban J connectivity index is 1.59. The molecule has 3 heterocycles. The molecule has 1 N–H and O–H groups in total. The van der Waals surface area contributed by atoms with Crippen LogP contribution in [0.1, 0.15) is 30.5 Å². The van der Waals surface area contributed by atoms with Gasteiger partial charge in [-0.1, -0.05) is 18.2 Å². The Labute approximate surface area is 177 Å². The zero-order valence-corrected chi connectivity index (χ0v) is 17.0. The van der Waals surface area contributed by atoms with Gasteiger partial charge in [-0.05, 0) is 55.7 Å². The molecular weight excluding hydrogens is 376 g/mol. The Morgan fingerprint density at radius 2 is 1.70 bits per heavy atom. The standard InChI is InChI=1S/C24H26N4O2/c1-5-15-26-23(27-17-13-19-9-4-6-14-25-19)20-10-8-16-28-24(20)30-22-12-3-2-11-21(22)29-18-7-1/h2-4,6,8-12,14,16H,1,5,7,13,15,17-18H2,(H,26,27). The van der Waals surface area contributed by atoms with Crippen molar-refractivity contribution in [3.05, 3.63) is 78.2 Å². The SMILES string of the molecule is c1ccc(CCNC2=NCCCCCOc3ccccc3Oc3ncccc32)nc1. The summed E-state index contributed by atoms with van der Waals surface area (Å²) in [5.41, 5.74) is 1.89. The lowest BCUT2D eigenvalue weighted by Gasteiger charge is -2.15. The predicted molar refractivity (Wildman–Crippen MR) is 117 cm³/mol. The Morgan fingerprint density at radius 3 is 2.60 bits per heavy atom. The summed E-state index contributed by atoms with van der Waals surface area (Å²) in [7, 11) is 0. The largest absolute Gasteiger partial charge is 0.490 e. The molecule has 0 aliphatic carbocycles. The van der Waals surface area contributed by atoms with E-state index in [4.69, 9.17) is 14.5 Å². The van der Waals surface area contributed by atoms with Crippen molar-refractivity contribution in [1.82, 2.24) is 15.3 Å². The lowest BCUT2D eigenvalue weighted by molar-refractivity contribution is 0.291. The van der Waals surface area contributed by atoms with Crippen molar-refractivity contribution in [2.75, 3.05) is 19.7 Å². The van der Waals surface area contributed by atoms with Gasteiger partial charge in [0, 0.05) is 37.6 Å². The molecular formula is C24H26N4O2. The summed E-state index contributed by atoms with van der Waals surface area (Å²) >= 11 is 0. The Morgan fingerprint density at radius 1 is 0.833 bits per heavy atom. The third-order valence-corrected chi connectivity index (χ3v) is 4.81. The molecule has 30 heavy (non-hydrogen) atoms. The summed E-state index contributed by atoms with van der Waals surface area (Å²) in [4.78, 5) is 13.7. The highest BCUT2D eigenvalue weighted by Gasteiger charge is 2.15. The van der Waals surface area contributed by atoms with Crippen LogP contribution in [0.3, 0.4) is 0 Å². The van der Waals surface area contributed by atoms with Crippen LogP contribution in [0.5, 0.6) is 17.4 Å². The molecule has 4 rings (SSSR count). The predicted octanol–water partition coefficient (Wildman–Crippen LogP) is 4.41. The molecule has 0 amide bonds. The van der Waals surface area contributed by atoms with Gasteiger partial charge in [-0.3, -0.25) is 9.98 Å². The molecule has 2 aromatic heterocycles. The van der Waals surface area contributed by atoms with Gasteiger partial charge in [0.25, 0.3) is 0 Å². The fraction of sp³-hybridized carbons (Fsp3) is 0.292. The van der Waals surface area contributed by atoms with Gasteiger partial charge in [0.2, 0.25) is 5.88 Å². The van der Waals surface area contributed by atoms with Crippen LogP contribution >= 0.6 is 0 Å². The molecule has 1 aromatic carbocycles. The summed E-state index contributed by atoms with van der Waals surface area (Å²) in [6, 6.07) is 17.6. The number of hydrogen-bond acceptors (Lipinski definition) is 6. The molecule has 0 radical (unpaired) electrons. The summed E-state index contributed by atoms with van der Waals surface area (Å²) < 4.78 is 12.1. The van der Waals surface area contributed by atoms with Crippen molar-refractivity contribution in [2.45, 2.75) is 25.7 Å². The Hall–Kier alpha value is -3.41. The number of fused-ring (bicyclic) bond motifs is 2. The minimum atomic E-state index is 0.511. The number of pyridine rings is 2. The second-order valence-corrected chi connectivity index (χ2v) is 7.04. The summed E-state index contributed by atoms with van der Waals surface area (Å²) in [6.45, 7) is 2.13. The maximum absolute atomic E-state index is 6.18. The zero-order valence-electron chi connectivity index (χ0n) is 17.0. The van der Waals surface area contributed by atoms with Crippen LogP contribution in [0.25, 0.3) is 0 Å². The number of benzene rings is 1. The highest BCUT2D eigenvalue weighted by atomic mass is 16.5. The number of nitrogens with zero attached hydrogens (tertiary/aromatic N) is 3. The fourth-order valence-electron chi connectivity index (χ4n) is 3.27. The minimum absolute atomic E-state index is 0.511. The van der Waals surface area contributed by atoms with Gasteiger partial charge < -0.3 is 14.8 Å². The fourth-order valence-corrected chi connectivity index (χ4v) is 3.27. The molecule has 0 spiro atoms. The van der Waals surface area contributed by atoms with Gasteiger partial charge in [-0.25, -0.2) is 4.98 Å². The highest BCUT2D eigenvalue weighted by molar-refractivity contribution is 6.00. The monoisotopic (exact) mass is 402 g/mol. The van der Waals surface area contributed by atoms with Gasteiger partial charge in [0.05, 0.1) is 12.2 Å². The Kier molecular flexibility index (Phi) is 6.89. The first-order chi connectivity index (χ1) is 14.9. The minimum Gasteiger partial charge on any atom is -0.490 e. The number of ether oxygens (including phenoxy) is 2. The van der Waals surface area contributed by atoms with Crippen LogP contribution in [-0.4, -0.2) is 35.5 Å². The number of hydrogen-bond donors (Lipinski definition) is 1. The normalized spacial score (nSPS) is 14.3. The summed E-state index contributed by atoms with van der Waals surface area (Å²) in [6.07, 6.45) is 7.41. The number of amidine groups is 1. The molecule has 0 atom stereocenters. The molecule has 6 heteroatoms. The van der Waals surface area contributed by atoms with E-state index in [0.717, 1.165) is 61.6 Å². The van der Waals surface area contributed by atoms with E-state index in [0.29, 0.717) is 18.2 Å². The average molecular weight is 402 g/mol. The van der Waals surface area contributed by atoms with Gasteiger partial charge in [-0.15, -0.1) is 0 Å². The molecule has 1 aliphatic rings. The first kappa shape index (κ1) is 19.9. The average Bonchev–Trinajstić information content (AvgIpc) is 2.80. The van der Waals surface area contributed by atoms with Gasteiger partial charge >= 0.3 is 0 Å². The van der Waals surface area contributed by atoms with Crippen molar-refractivity contribution in [1.29, 1.82) is 0 Å². The zero-order chi connectivity index (χ0) is 20.4. The third-order valence-electron chi connectivity index (χ3n) is 4.81. The first-order valence-electron chi connectivity index (χ1n) is 10.4. The van der Waals surface area contributed by atoms with Gasteiger partial charge in [0.1, 0.15) is 5.84 Å². The number of nitrogens with one attached hydrogen (secondary N) is 1. The van der Waals surface area contributed by atoms with Crippen molar-refractivity contribution in [2.24, 2.45) is 4.99 Å². The van der Waals surface area contributed by atoms with Crippen LogP contribution in [0.4, 0.5) is 0 Å². The van der Waals surface area contributed by atoms with Crippen molar-refractivity contribution in [3.63, 3.8) is 0 Å². The van der Waals surface area contributed by atoms with Crippen molar-refractivity contribution < 1.29 is 9.47 Å². The number of rotatable bonds is 3. The second kappa shape index (κ2) is 10.4. The molecule has 0 bridgehead atoms. The van der Waals surface area contributed by atoms with Gasteiger partial charge in [-0.2, -0.15) is 0 Å². The van der Waals surface area contributed by atoms with Crippen LogP contribution in [-0.2, 0) is 6.42 Å². The lowest BCUT2D eigenvalue weighted by Crippen LogP contribution is -2.28. The van der Waals surface area contributed by atoms with E-state index in [1.54, 1.807) is 6.20 Å². The first-order valence-corrected chi connectivity index (χ1v) is 10.4. The Bertz CT molecular complexity index is 976. The number of aromatic nitrogens is 2. The van der Waals surface area contributed by atoms with E-state index in [1.165, 1.54) is 0 Å². The number of para-hydroxylation sites is 2. The van der Waals surface area contributed by atoms with Crippen LogP contribution in [0, 0.1) is 0 Å². The summed E-state index contributed by atoms with van der Waals surface area (Å²) in [5.74, 6) is 2.70.